The Balaban J connectivity index is 2.44. The zero-order valence-electron chi connectivity index (χ0n) is 23.2. The summed E-state index contributed by atoms with van der Waals surface area (Å²) in [4.78, 5) is 28.2. The Morgan fingerprint density at radius 1 is 1.00 bits per heavy atom. The molecule has 0 saturated carbocycles. The van der Waals surface area contributed by atoms with Crippen molar-refractivity contribution < 1.29 is 22.7 Å². The number of ether oxygens (including phenoxy) is 1. The summed E-state index contributed by atoms with van der Waals surface area (Å²) in [5.41, 5.74) is 2.14. The number of carbonyl (C=O) groups excluding carboxylic acids is 2. The van der Waals surface area contributed by atoms with E-state index in [0.717, 1.165) is 21.7 Å². The van der Waals surface area contributed by atoms with Crippen LogP contribution in [0.2, 0.25) is 0 Å². The van der Waals surface area contributed by atoms with Crippen molar-refractivity contribution in [2.45, 2.75) is 72.0 Å². The van der Waals surface area contributed by atoms with Gasteiger partial charge in [0.15, 0.2) is 0 Å². The Morgan fingerprint density at radius 2 is 1.57 bits per heavy atom. The summed E-state index contributed by atoms with van der Waals surface area (Å²) in [5.74, 6) is -0.0696. The molecule has 2 aromatic rings. The molecule has 1 atom stereocenters. The number of hydrogen-bond donors (Lipinski definition) is 1. The monoisotopic (exact) mass is 531 g/mol. The van der Waals surface area contributed by atoms with Crippen LogP contribution in [0.3, 0.4) is 0 Å². The van der Waals surface area contributed by atoms with Crippen LogP contribution in [0, 0.1) is 0 Å². The zero-order valence-corrected chi connectivity index (χ0v) is 24.1. The minimum Gasteiger partial charge on any atom is -0.497 e. The van der Waals surface area contributed by atoms with Crippen molar-refractivity contribution >= 4 is 27.5 Å². The van der Waals surface area contributed by atoms with Crippen LogP contribution in [0.4, 0.5) is 5.69 Å². The van der Waals surface area contributed by atoms with Crippen LogP contribution in [-0.4, -0.2) is 57.1 Å². The molecule has 2 rings (SSSR count). The van der Waals surface area contributed by atoms with Crippen LogP contribution >= 0.6 is 0 Å². The highest BCUT2D eigenvalue weighted by atomic mass is 32.2. The number of amides is 2. The molecule has 204 valence electrons. The topological polar surface area (TPSA) is 96.0 Å². The lowest BCUT2D eigenvalue weighted by molar-refractivity contribution is -0.140. The highest BCUT2D eigenvalue weighted by Crippen LogP contribution is 2.26. The predicted octanol–water partition coefficient (Wildman–Crippen LogP) is 4.09. The standard InChI is InChI=1S/C28H41N3O5S/c1-9-25(27(33)29-20(2)3)30(18-21-10-16-24(36-7)17-11-21)26(32)19-31(37(8,34)35)23-14-12-22(13-15-23)28(4,5)6/h10-17,20,25H,9,18-19H2,1-8H3,(H,29,33). The SMILES string of the molecule is CCC(C(=O)NC(C)C)N(Cc1ccc(OC)cc1)C(=O)CN(c1ccc(C(C)(C)C)cc1)S(C)(=O)=O. The van der Waals surface area contributed by atoms with Crippen molar-refractivity contribution in [1.82, 2.24) is 10.2 Å². The maximum Gasteiger partial charge on any atom is 0.244 e. The van der Waals surface area contributed by atoms with Gasteiger partial charge in [0.25, 0.3) is 0 Å². The van der Waals surface area contributed by atoms with Crippen LogP contribution in [-0.2, 0) is 31.6 Å². The molecule has 2 amide bonds. The van der Waals surface area contributed by atoms with E-state index in [9.17, 15) is 18.0 Å². The van der Waals surface area contributed by atoms with Gasteiger partial charge in [-0.25, -0.2) is 8.42 Å². The number of methoxy groups -OCH3 is 1. The fraction of sp³-hybridized carbons (Fsp3) is 0.500. The number of rotatable bonds is 11. The third kappa shape index (κ3) is 8.49. The van der Waals surface area contributed by atoms with Crippen molar-refractivity contribution in [2.24, 2.45) is 0 Å². The third-order valence-corrected chi connectivity index (χ3v) is 7.17. The first kappa shape index (κ1) is 30.2. The average Bonchev–Trinajstić information content (AvgIpc) is 2.81. The number of carbonyl (C=O) groups is 2. The minimum atomic E-state index is -3.78. The molecule has 9 heteroatoms. The van der Waals surface area contributed by atoms with Crippen molar-refractivity contribution in [1.29, 1.82) is 0 Å². The second-order valence-corrected chi connectivity index (χ2v) is 12.4. The summed E-state index contributed by atoms with van der Waals surface area (Å²) < 4.78 is 31.9. The highest BCUT2D eigenvalue weighted by Gasteiger charge is 2.32. The lowest BCUT2D eigenvalue weighted by Gasteiger charge is -2.33. The van der Waals surface area contributed by atoms with Gasteiger partial charge in [-0.15, -0.1) is 0 Å². The second kappa shape index (κ2) is 12.4. The zero-order chi connectivity index (χ0) is 28.0. The van der Waals surface area contributed by atoms with E-state index in [4.69, 9.17) is 4.74 Å². The quantitative estimate of drug-likeness (QED) is 0.471. The Morgan fingerprint density at radius 3 is 2.00 bits per heavy atom. The van der Waals surface area contributed by atoms with Crippen LogP contribution in [0.25, 0.3) is 0 Å². The van der Waals surface area contributed by atoms with Gasteiger partial charge < -0.3 is 15.0 Å². The van der Waals surface area contributed by atoms with Crippen LogP contribution in [0.15, 0.2) is 48.5 Å². The van der Waals surface area contributed by atoms with Gasteiger partial charge in [-0.05, 0) is 61.1 Å². The number of sulfonamides is 1. The maximum atomic E-state index is 13.7. The van der Waals surface area contributed by atoms with Gasteiger partial charge in [0.1, 0.15) is 18.3 Å². The molecular weight excluding hydrogens is 490 g/mol. The highest BCUT2D eigenvalue weighted by molar-refractivity contribution is 7.92. The molecule has 2 aromatic carbocycles. The first-order chi connectivity index (χ1) is 17.2. The Bertz CT molecular complexity index is 1150. The van der Waals surface area contributed by atoms with Crippen LogP contribution in [0.5, 0.6) is 5.75 Å². The lowest BCUT2D eigenvalue weighted by Crippen LogP contribution is -2.53. The van der Waals surface area contributed by atoms with Gasteiger partial charge in [-0.3, -0.25) is 13.9 Å². The molecule has 0 bridgehead atoms. The smallest absolute Gasteiger partial charge is 0.244 e. The number of benzene rings is 2. The molecule has 0 aromatic heterocycles. The van der Waals surface area contributed by atoms with E-state index in [2.05, 4.69) is 26.1 Å². The van der Waals surface area contributed by atoms with Gasteiger partial charge in [0.05, 0.1) is 19.1 Å². The molecular formula is C28H41N3O5S. The van der Waals surface area contributed by atoms with E-state index >= 15 is 0 Å². The molecule has 0 spiro atoms. The predicted molar refractivity (Wildman–Crippen MR) is 148 cm³/mol. The van der Waals surface area contributed by atoms with E-state index in [0.29, 0.717) is 17.9 Å². The molecule has 0 aliphatic heterocycles. The largest absolute Gasteiger partial charge is 0.497 e. The lowest BCUT2D eigenvalue weighted by atomic mass is 9.87. The van der Waals surface area contributed by atoms with Crippen molar-refractivity contribution in [3.8, 4) is 5.75 Å². The summed E-state index contributed by atoms with van der Waals surface area (Å²) >= 11 is 0. The van der Waals surface area contributed by atoms with E-state index in [1.54, 1.807) is 31.4 Å². The second-order valence-electron chi connectivity index (χ2n) is 10.5. The molecule has 1 N–H and O–H groups in total. The molecule has 0 aliphatic carbocycles. The number of nitrogens with zero attached hydrogens (tertiary/aromatic N) is 2. The van der Waals surface area contributed by atoms with Gasteiger partial charge in [-0.2, -0.15) is 0 Å². The van der Waals surface area contributed by atoms with Crippen LogP contribution < -0.4 is 14.4 Å². The number of nitrogens with one attached hydrogen (secondary N) is 1. The van der Waals surface area contributed by atoms with Gasteiger partial charge >= 0.3 is 0 Å². The molecule has 0 radical (unpaired) electrons. The van der Waals surface area contributed by atoms with Gasteiger partial charge in [-0.1, -0.05) is 52.0 Å². The summed E-state index contributed by atoms with van der Waals surface area (Å²) in [6.45, 7) is 11.5. The fourth-order valence-corrected chi connectivity index (χ4v) is 4.82. The van der Waals surface area contributed by atoms with Crippen molar-refractivity contribution in [3.63, 3.8) is 0 Å². The number of anilines is 1. The normalized spacial score (nSPS) is 12.7. The molecule has 1 unspecified atom stereocenters. The Kier molecular flexibility index (Phi) is 10.1. The van der Waals surface area contributed by atoms with Gasteiger partial charge in [0, 0.05) is 12.6 Å². The summed E-state index contributed by atoms with van der Waals surface area (Å²) in [7, 11) is -2.21. The van der Waals surface area contributed by atoms with E-state index in [1.165, 1.54) is 4.90 Å². The molecule has 8 nitrogen and oxygen atoms in total. The first-order valence-corrected chi connectivity index (χ1v) is 14.3. The summed E-state index contributed by atoms with van der Waals surface area (Å²) in [6.07, 6.45) is 1.45. The Hall–Kier alpha value is -3.07. The molecule has 37 heavy (non-hydrogen) atoms. The number of hydrogen-bond acceptors (Lipinski definition) is 5. The van der Waals surface area contributed by atoms with Crippen LogP contribution in [0.1, 0.15) is 59.1 Å². The first-order valence-electron chi connectivity index (χ1n) is 12.5. The van der Waals surface area contributed by atoms with Crippen molar-refractivity contribution in [2.75, 3.05) is 24.2 Å². The van der Waals surface area contributed by atoms with Crippen molar-refractivity contribution in [3.05, 3.63) is 59.7 Å². The van der Waals surface area contributed by atoms with E-state index in [-0.39, 0.29) is 23.9 Å². The van der Waals surface area contributed by atoms with E-state index < -0.39 is 28.5 Å². The molecule has 0 heterocycles. The summed E-state index contributed by atoms with van der Waals surface area (Å²) in [5, 5.41) is 2.88. The molecule has 0 fully saturated rings. The fourth-order valence-electron chi connectivity index (χ4n) is 3.97. The third-order valence-electron chi connectivity index (χ3n) is 6.03. The average molecular weight is 532 g/mol. The molecule has 0 aliphatic rings. The van der Waals surface area contributed by atoms with Gasteiger partial charge in [0.2, 0.25) is 21.8 Å². The maximum absolute atomic E-state index is 13.7. The minimum absolute atomic E-state index is 0.0996. The van der Waals surface area contributed by atoms with E-state index in [1.807, 2.05) is 45.0 Å². The Labute approximate surface area is 222 Å². The summed E-state index contributed by atoms with van der Waals surface area (Å²) in [6, 6.07) is 13.5. The molecule has 0 saturated heterocycles.